The summed E-state index contributed by atoms with van der Waals surface area (Å²) < 4.78 is 0. The smallest absolute Gasteiger partial charge is 0.0896 e. The van der Waals surface area contributed by atoms with Crippen LogP contribution < -0.4 is 5.73 Å². The molecule has 0 unspecified atom stereocenters. The molecule has 2 nitrogen and oxygen atoms in total. The molecule has 1 fully saturated rings. The van der Waals surface area contributed by atoms with E-state index >= 15 is 0 Å². The van der Waals surface area contributed by atoms with Crippen LogP contribution in [0.3, 0.4) is 0 Å². The Balaban J connectivity index is 2.20. The van der Waals surface area contributed by atoms with E-state index in [-0.39, 0.29) is 0 Å². The molecule has 3 heteroatoms. The highest BCUT2D eigenvalue weighted by Crippen LogP contribution is 2.41. The van der Waals surface area contributed by atoms with Gasteiger partial charge in [0.25, 0.3) is 0 Å². The molecule has 10 heavy (non-hydrogen) atoms. The third-order valence-electron chi connectivity index (χ3n) is 1.84. The van der Waals surface area contributed by atoms with E-state index in [2.05, 4.69) is 4.98 Å². The number of hydrogen-bond acceptors (Lipinski definition) is 3. The van der Waals surface area contributed by atoms with Gasteiger partial charge in [0.15, 0.2) is 0 Å². The van der Waals surface area contributed by atoms with E-state index < -0.39 is 0 Å². The van der Waals surface area contributed by atoms with Gasteiger partial charge in [-0.1, -0.05) is 0 Å². The first-order valence-electron chi connectivity index (χ1n) is 3.45. The minimum Gasteiger partial charge on any atom is -0.327 e. The van der Waals surface area contributed by atoms with Crippen LogP contribution in [0.2, 0.25) is 0 Å². The molecule has 0 aromatic carbocycles. The Morgan fingerprint density at radius 1 is 1.80 bits per heavy atom. The van der Waals surface area contributed by atoms with Crippen molar-refractivity contribution in [3.63, 3.8) is 0 Å². The number of hydrogen-bond donors (Lipinski definition) is 1. The average Bonchev–Trinajstić information content (AvgIpc) is 2.42. The Labute approximate surface area is 64.1 Å². The van der Waals surface area contributed by atoms with Crippen molar-refractivity contribution in [2.75, 3.05) is 0 Å². The van der Waals surface area contributed by atoms with Crippen molar-refractivity contribution >= 4 is 11.3 Å². The van der Waals surface area contributed by atoms with Crippen LogP contribution in [0.4, 0.5) is 0 Å². The monoisotopic (exact) mass is 154 g/mol. The summed E-state index contributed by atoms with van der Waals surface area (Å²) in [4.78, 5) is 5.54. The van der Waals surface area contributed by atoms with Gasteiger partial charge in [-0.3, -0.25) is 0 Å². The van der Waals surface area contributed by atoms with Crippen LogP contribution >= 0.6 is 11.3 Å². The van der Waals surface area contributed by atoms with E-state index in [1.807, 2.05) is 13.1 Å². The molecule has 1 aromatic heterocycles. The van der Waals surface area contributed by atoms with E-state index in [1.54, 1.807) is 11.3 Å². The van der Waals surface area contributed by atoms with Gasteiger partial charge < -0.3 is 5.73 Å². The summed E-state index contributed by atoms with van der Waals surface area (Å²) in [5, 5.41) is 1.15. The Morgan fingerprint density at radius 3 is 2.90 bits per heavy atom. The van der Waals surface area contributed by atoms with Gasteiger partial charge in [0.2, 0.25) is 0 Å². The molecule has 0 radical (unpaired) electrons. The Kier molecular flexibility index (Phi) is 1.28. The first-order chi connectivity index (χ1) is 4.77. The van der Waals surface area contributed by atoms with Gasteiger partial charge in [0.05, 0.1) is 5.01 Å². The molecule has 2 rings (SSSR count). The lowest BCUT2D eigenvalue weighted by atomic mass is 10.4. The topological polar surface area (TPSA) is 38.9 Å². The molecule has 0 amide bonds. The van der Waals surface area contributed by atoms with Gasteiger partial charge in [0, 0.05) is 23.0 Å². The molecular formula is C7H10N2S. The molecule has 0 aliphatic heterocycles. The quantitative estimate of drug-likeness (QED) is 0.661. The summed E-state index contributed by atoms with van der Waals surface area (Å²) in [5.74, 6) is 0.631. The van der Waals surface area contributed by atoms with Crippen LogP contribution in [0.5, 0.6) is 0 Å². The zero-order chi connectivity index (χ0) is 7.14. The lowest BCUT2D eigenvalue weighted by Crippen LogP contribution is -1.99. The third kappa shape index (κ3) is 0.954. The number of thiazole rings is 1. The Morgan fingerprint density at radius 2 is 2.50 bits per heavy atom. The van der Waals surface area contributed by atoms with Crippen LogP contribution in [-0.2, 0) is 0 Å². The Hall–Kier alpha value is -0.410. The van der Waals surface area contributed by atoms with Crippen LogP contribution in [0, 0.1) is 6.92 Å². The predicted molar refractivity (Wildman–Crippen MR) is 42.2 cm³/mol. The lowest BCUT2D eigenvalue weighted by Gasteiger charge is -1.85. The lowest BCUT2D eigenvalue weighted by molar-refractivity contribution is 1.00. The summed E-state index contributed by atoms with van der Waals surface area (Å²) >= 11 is 1.77. The van der Waals surface area contributed by atoms with Crippen molar-refractivity contribution in [3.8, 4) is 0 Å². The number of aromatic nitrogens is 1. The minimum absolute atomic E-state index is 0.417. The molecule has 1 heterocycles. The predicted octanol–water partition coefficient (Wildman–Crippen LogP) is 1.27. The van der Waals surface area contributed by atoms with Gasteiger partial charge in [-0.05, 0) is 13.3 Å². The maximum Gasteiger partial charge on any atom is 0.0896 e. The minimum atomic E-state index is 0.417. The normalized spacial score (nSPS) is 30.6. The summed E-state index contributed by atoms with van der Waals surface area (Å²) in [6.07, 6.45) is 3.11. The summed E-state index contributed by atoms with van der Waals surface area (Å²) in [7, 11) is 0. The third-order valence-corrected chi connectivity index (χ3v) is 2.89. The number of rotatable bonds is 1. The maximum absolute atomic E-state index is 5.69. The van der Waals surface area contributed by atoms with Crippen molar-refractivity contribution in [1.29, 1.82) is 0 Å². The van der Waals surface area contributed by atoms with E-state index in [1.165, 1.54) is 4.88 Å². The van der Waals surface area contributed by atoms with E-state index in [0.29, 0.717) is 12.0 Å². The summed E-state index contributed by atoms with van der Waals surface area (Å²) in [6, 6.07) is 0.417. The van der Waals surface area contributed by atoms with Crippen molar-refractivity contribution in [3.05, 3.63) is 16.1 Å². The highest BCUT2D eigenvalue weighted by Gasteiger charge is 2.36. The SMILES string of the molecule is Cc1ncc([C@@H]2C[C@H]2N)s1. The molecule has 0 spiro atoms. The second-order valence-electron chi connectivity index (χ2n) is 2.79. The highest BCUT2D eigenvalue weighted by atomic mass is 32.1. The largest absolute Gasteiger partial charge is 0.327 e. The van der Waals surface area contributed by atoms with Gasteiger partial charge in [-0.25, -0.2) is 4.98 Å². The van der Waals surface area contributed by atoms with Crippen LogP contribution in [0.25, 0.3) is 0 Å². The van der Waals surface area contributed by atoms with Crippen LogP contribution in [-0.4, -0.2) is 11.0 Å². The number of aryl methyl sites for hydroxylation is 1. The second kappa shape index (κ2) is 2.04. The molecule has 0 saturated heterocycles. The van der Waals surface area contributed by atoms with Crippen molar-refractivity contribution in [1.82, 2.24) is 4.98 Å². The molecule has 1 aromatic rings. The fourth-order valence-electron chi connectivity index (χ4n) is 1.09. The standard InChI is InChI=1S/C7H10N2S/c1-4-9-3-7(10-4)5-2-6(5)8/h3,5-6H,2,8H2,1H3/t5-,6-/m1/s1. The summed E-state index contributed by atoms with van der Waals surface area (Å²) in [6.45, 7) is 2.03. The molecule has 1 aliphatic rings. The number of nitrogens with zero attached hydrogens (tertiary/aromatic N) is 1. The molecule has 0 bridgehead atoms. The zero-order valence-corrected chi connectivity index (χ0v) is 6.69. The fourth-order valence-corrected chi connectivity index (χ4v) is 2.07. The average molecular weight is 154 g/mol. The molecule has 1 saturated carbocycles. The Bertz CT molecular complexity index is 244. The van der Waals surface area contributed by atoms with Gasteiger partial charge in [-0.2, -0.15) is 0 Å². The van der Waals surface area contributed by atoms with Gasteiger partial charge in [-0.15, -0.1) is 11.3 Å². The zero-order valence-electron chi connectivity index (χ0n) is 5.87. The molecule has 1 aliphatic carbocycles. The van der Waals surface area contributed by atoms with E-state index in [4.69, 9.17) is 5.73 Å². The second-order valence-corrected chi connectivity index (χ2v) is 4.05. The molecule has 2 atom stereocenters. The molecular weight excluding hydrogens is 144 g/mol. The first kappa shape index (κ1) is 6.31. The first-order valence-corrected chi connectivity index (χ1v) is 4.27. The van der Waals surface area contributed by atoms with Crippen LogP contribution in [0.1, 0.15) is 22.2 Å². The van der Waals surface area contributed by atoms with Crippen molar-refractivity contribution in [2.24, 2.45) is 5.73 Å². The highest BCUT2D eigenvalue weighted by molar-refractivity contribution is 7.11. The number of nitrogens with two attached hydrogens (primary N) is 1. The fraction of sp³-hybridized carbons (Fsp3) is 0.571. The summed E-state index contributed by atoms with van der Waals surface area (Å²) in [5.41, 5.74) is 5.69. The molecule has 54 valence electrons. The van der Waals surface area contributed by atoms with Crippen molar-refractivity contribution < 1.29 is 0 Å². The van der Waals surface area contributed by atoms with Gasteiger partial charge >= 0.3 is 0 Å². The van der Waals surface area contributed by atoms with Gasteiger partial charge in [0.1, 0.15) is 0 Å². The molecule has 2 N–H and O–H groups in total. The van der Waals surface area contributed by atoms with E-state index in [9.17, 15) is 0 Å². The maximum atomic E-state index is 5.69. The van der Waals surface area contributed by atoms with Crippen LogP contribution in [0.15, 0.2) is 6.20 Å². The van der Waals surface area contributed by atoms with E-state index in [0.717, 1.165) is 11.4 Å². The van der Waals surface area contributed by atoms with Crippen molar-refractivity contribution in [2.45, 2.75) is 25.3 Å².